The van der Waals surface area contributed by atoms with Crippen LogP contribution in [0.3, 0.4) is 0 Å². The Kier molecular flexibility index (Phi) is 15.9. The summed E-state index contributed by atoms with van der Waals surface area (Å²) in [6.45, 7) is 4.25. The zero-order chi connectivity index (χ0) is 35.6. The minimum atomic E-state index is -1.68. The molecule has 0 aliphatic rings. The van der Waals surface area contributed by atoms with Gasteiger partial charge in [0, 0.05) is 13.2 Å². The van der Waals surface area contributed by atoms with Gasteiger partial charge in [-0.25, -0.2) is 10.3 Å². The molecule has 4 aromatic carbocycles. The van der Waals surface area contributed by atoms with Crippen molar-refractivity contribution in [1.82, 2.24) is 10.8 Å². The smallest absolute Gasteiger partial charge is 0.336 e. The van der Waals surface area contributed by atoms with Gasteiger partial charge in [0.15, 0.2) is 12.2 Å². The van der Waals surface area contributed by atoms with Crippen LogP contribution in [0.5, 0.6) is 0 Å². The van der Waals surface area contributed by atoms with E-state index in [2.05, 4.69) is 73.2 Å². The largest absolute Gasteiger partial charge is 0.479 e. The maximum atomic E-state index is 13.3. The van der Waals surface area contributed by atoms with Gasteiger partial charge in [-0.15, -0.1) is 0 Å². The first-order chi connectivity index (χ1) is 24.3. The fourth-order valence-corrected chi connectivity index (χ4v) is 5.67. The minimum Gasteiger partial charge on any atom is -0.479 e. The number of carboxylic acid groups (broad SMARTS) is 1. The van der Waals surface area contributed by atoms with Crippen LogP contribution in [0.1, 0.15) is 66.3 Å². The van der Waals surface area contributed by atoms with E-state index in [1.165, 1.54) is 33.0 Å². The minimum absolute atomic E-state index is 0.134. The van der Waals surface area contributed by atoms with Gasteiger partial charge in [-0.05, 0) is 91.0 Å². The second-order valence-electron chi connectivity index (χ2n) is 12.7. The Morgan fingerprint density at radius 1 is 0.660 bits per heavy atom. The number of fused-ring (bicyclic) bond motifs is 1. The maximum Gasteiger partial charge on any atom is 0.336 e. The highest BCUT2D eigenvalue weighted by atomic mass is 16.7. The van der Waals surface area contributed by atoms with Crippen molar-refractivity contribution in [2.45, 2.75) is 84.0 Å². The monoisotopic (exact) mass is 682 g/mol. The normalized spacial score (nSPS) is 12.4. The third kappa shape index (κ3) is 13.0. The number of unbranched alkanes of at least 4 members (excludes halogenated alkanes) is 4. The molecule has 9 heteroatoms. The van der Waals surface area contributed by atoms with E-state index in [0.29, 0.717) is 13.0 Å². The van der Waals surface area contributed by atoms with Crippen molar-refractivity contribution in [2.24, 2.45) is 0 Å². The van der Waals surface area contributed by atoms with E-state index >= 15 is 0 Å². The Balaban J connectivity index is 1.24. The van der Waals surface area contributed by atoms with Crippen molar-refractivity contribution >= 4 is 28.6 Å². The number of hydrogen-bond acceptors (Lipinski definition) is 6. The van der Waals surface area contributed by atoms with Crippen LogP contribution in [0.15, 0.2) is 91.0 Å². The lowest BCUT2D eigenvalue weighted by Crippen LogP contribution is -2.50. The van der Waals surface area contributed by atoms with E-state index in [1.54, 1.807) is 0 Å². The van der Waals surface area contributed by atoms with Crippen molar-refractivity contribution < 1.29 is 33.8 Å². The Morgan fingerprint density at radius 3 is 2.08 bits per heavy atom. The van der Waals surface area contributed by atoms with Crippen LogP contribution >= 0.6 is 0 Å². The second kappa shape index (κ2) is 20.8. The zero-order valence-electron chi connectivity index (χ0n) is 29.2. The molecule has 3 N–H and O–H groups in total. The molecule has 0 saturated carbocycles. The van der Waals surface area contributed by atoms with Gasteiger partial charge in [-0.2, -0.15) is 0 Å². The van der Waals surface area contributed by atoms with Gasteiger partial charge < -0.3 is 19.9 Å². The van der Waals surface area contributed by atoms with Gasteiger partial charge in [0.2, 0.25) is 0 Å². The second-order valence-corrected chi connectivity index (χ2v) is 12.7. The van der Waals surface area contributed by atoms with Crippen molar-refractivity contribution in [3.63, 3.8) is 0 Å². The molecule has 0 fully saturated rings. The molecule has 4 aromatic rings. The Labute approximate surface area is 295 Å². The van der Waals surface area contributed by atoms with Crippen LogP contribution in [0.4, 0.5) is 0 Å². The number of aryl methyl sites for hydroxylation is 4. The summed E-state index contributed by atoms with van der Waals surface area (Å²) in [5.74, 6) is -2.65. The standard InChI is InChI=1S/C41H50N2O7/c1-30-20-21-32(26-31(30)2)14-9-5-13-25-48-38(39(41(46)47)49-29-37(44)43-50-28-34-16-6-3-7-17-34)40(45)42-24-12-4-8-15-33-22-23-35-18-10-11-19-36(35)27-33/h3,6-7,10-11,16-23,26-27,38-39H,4-5,8-9,12-15,24-25,28-29H2,1-2H3,(H,42,45)(H,43,44)(H,46,47). The fraction of sp³-hybridized carbons (Fsp3) is 0.390. The molecule has 0 aliphatic heterocycles. The highest BCUT2D eigenvalue weighted by molar-refractivity contribution is 5.88. The average molecular weight is 683 g/mol. The molecule has 266 valence electrons. The van der Waals surface area contributed by atoms with E-state index in [9.17, 15) is 19.5 Å². The van der Waals surface area contributed by atoms with Crippen LogP contribution in [-0.4, -0.2) is 54.9 Å². The van der Waals surface area contributed by atoms with E-state index in [1.807, 2.05) is 42.5 Å². The van der Waals surface area contributed by atoms with Gasteiger partial charge in [0.25, 0.3) is 11.8 Å². The molecule has 2 amide bonds. The van der Waals surface area contributed by atoms with Crippen LogP contribution in [0.2, 0.25) is 0 Å². The van der Waals surface area contributed by atoms with E-state index in [0.717, 1.165) is 50.5 Å². The predicted molar refractivity (Wildman–Crippen MR) is 194 cm³/mol. The number of hydroxylamine groups is 1. The number of benzene rings is 4. The number of aliphatic carboxylic acids is 1. The number of carbonyl (C=O) groups excluding carboxylic acids is 2. The third-order valence-corrected chi connectivity index (χ3v) is 8.67. The van der Waals surface area contributed by atoms with Crippen LogP contribution in [0.25, 0.3) is 10.8 Å². The highest BCUT2D eigenvalue weighted by Crippen LogP contribution is 2.18. The SMILES string of the molecule is Cc1ccc(CCCCCOC(C(=O)NCCCCCc2ccc3ccccc3c2)C(OCC(=O)NOCc2ccccc2)C(=O)O)cc1C. The molecule has 0 aliphatic carbocycles. The summed E-state index contributed by atoms with van der Waals surface area (Å²) < 4.78 is 11.3. The summed E-state index contributed by atoms with van der Waals surface area (Å²) in [5, 5.41) is 15.3. The summed E-state index contributed by atoms with van der Waals surface area (Å²) in [4.78, 5) is 43.2. The number of hydrogen-bond donors (Lipinski definition) is 3. The lowest BCUT2D eigenvalue weighted by molar-refractivity contribution is -0.171. The molecule has 4 rings (SSSR count). The lowest BCUT2D eigenvalue weighted by atomic mass is 10.0. The summed E-state index contributed by atoms with van der Waals surface area (Å²) >= 11 is 0. The summed E-state index contributed by atoms with van der Waals surface area (Å²) in [6, 6.07) is 30.5. The molecule has 50 heavy (non-hydrogen) atoms. The van der Waals surface area contributed by atoms with Gasteiger partial charge in [0.1, 0.15) is 6.61 Å². The Bertz CT molecular complexity index is 1660. The molecule has 2 atom stereocenters. The van der Waals surface area contributed by atoms with E-state index < -0.39 is 36.6 Å². The number of carboxylic acids is 1. The number of carbonyl (C=O) groups is 3. The molecular formula is C41H50N2O7. The first-order valence-corrected chi connectivity index (χ1v) is 17.5. The van der Waals surface area contributed by atoms with Crippen molar-refractivity contribution in [2.75, 3.05) is 19.8 Å². The van der Waals surface area contributed by atoms with Crippen LogP contribution in [0, 0.1) is 13.8 Å². The van der Waals surface area contributed by atoms with Crippen LogP contribution < -0.4 is 10.8 Å². The first-order valence-electron chi connectivity index (χ1n) is 17.5. The van der Waals surface area contributed by atoms with Gasteiger partial charge in [0.05, 0.1) is 6.61 Å². The number of nitrogens with one attached hydrogen (secondary N) is 2. The number of amides is 2. The number of ether oxygens (including phenoxy) is 2. The third-order valence-electron chi connectivity index (χ3n) is 8.67. The van der Waals surface area contributed by atoms with E-state index in [-0.39, 0.29) is 13.2 Å². The highest BCUT2D eigenvalue weighted by Gasteiger charge is 2.36. The topological polar surface area (TPSA) is 123 Å². The fourth-order valence-electron chi connectivity index (χ4n) is 5.67. The summed E-state index contributed by atoms with van der Waals surface area (Å²) in [5.41, 5.74) is 8.18. The molecule has 0 spiro atoms. The zero-order valence-corrected chi connectivity index (χ0v) is 29.2. The quantitative estimate of drug-likeness (QED) is 0.0616. The van der Waals surface area contributed by atoms with Gasteiger partial charge in [-0.1, -0.05) is 104 Å². The molecule has 9 nitrogen and oxygen atoms in total. The van der Waals surface area contributed by atoms with Crippen molar-refractivity contribution in [3.05, 3.63) is 119 Å². The van der Waals surface area contributed by atoms with Gasteiger partial charge in [-0.3, -0.25) is 14.4 Å². The predicted octanol–water partition coefficient (Wildman–Crippen LogP) is 6.80. The van der Waals surface area contributed by atoms with Crippen LogP contribution in [-0.2, 0) is 48.1 Å². The molecular weight excluding hydrogens is 632 g/mol. The molecule has 0 bridgehead atoms. The molecule has 0 saturated heterocycles. The summed E-state index contributed by atoms with van der Waals surface area (Å²) in [6.07, 6.45) is 3.74. The summed E-state index contributed by atoms with van der Waals surface area (Å²) in [7, 11) is 0. The van der Waals surface area contributed by atoms with Crippen molar-refractivity contribution in [1.29, 1.82) is 0 Å². The molecule has 0 aromatic heterocycles. The lowest BCUT2D eigenvalue weighted by Gasteiger charge is -2.24. The Hall–Kier alpha value is -4.57. The number of rotatable bonds is 22. The maximum absolute atomic E-state index is 13.3. The molecule has 0 heterocycles. The molecule has 2 unspecified atom stereocenters. The molecule has 0 radical (unpaired) electrons. The van der Waals surface area contributed by atoms with Gasteiger partial charge >= 0.3 is 5.97 Å². The van der Waals surface area contributed by atoms with Crippen molar-refractivity contribution in [3.8, 4) is 0 Å². The van der Waals surface area contributed by atoms with E-state index in [4.69, 9.17) is 14.3 Å². The average Bonchev–Trinajstić information content (AvgIpc) is 3.12. The Morgan fingerprint density at radius 2 is 1.34 bits per heavy atom. The first kappa shape index (κ1) is 38.2.